The summed E-state index contributed by atoms with van der Waals surface area (Å²) >= 11 is 1.65. The summed E-state index contributed by atoms with van der Waals surface area (Å²) in [5.41, 5.74) is 8.47. The monoisotopic (exact) mass is 357 g/mol. The van der Waals surface area contributed by atoms with Crippen molar-refractivity contribution in [1.82, 2.24) is 9.78 Å². The Bertz CT molecular complexity index is 1030. The summed E-state index contributed by atoms with van der Waals surface area (Å²) in [4.78, 5) is 1.14. The number of nitriles is 2. The van der Waals surface area contributed by atoms with Gasteiger partial charge >= 0.3 is 0 Å². The van der Waals surface area contributed by atoms with Crippen molar-refractivity contribution in [3.63, 3.8) is 0 Å². The molecule has 1 aromatic heterocycles. The first-order valence-electron chi connectivity index (χ1n) is 7.78. The van der Waals surface area contributed by atoms with Crippen LogP contribution in [-0.4, -0.2) is 16.0 Å². The molecular formula is C20H15N5S. The molecule has 0 fully saturated rings. The molecule has 0 unspecified atom stereocenters. The predicted octanol–water partition coefficient (Wildman–Crippen LogP) is 4.11. The van der Waals surface area contributed by atoms with Gasteiger partial charge in [0, 0.05) is 4.90 Å². The number of aromatic nitrogens is 2. The summed E-state index contributed by atoms with van der Waals surface area (Å²) < 4.78 is 1.48. The summed E-state index contributed by atoms with van der Waals surface area (Å²) in [6.07, 6.45) is 3.71. The van der Waals surface area contributed by atoms with Crippen molar-refractivity contribution in [2.75, 3.05) is 12.0 Å². The fraction of sp³-hybridized carbons (Fsp3) is 0.0500. The molecule has 2 N–H and O–H groups in total. The highest BCUT2D eigenvalue weighted by Crippen LogP contribution is 2.27. The van der Waals surface area contributed by atoms with Crippen LogP contribution < -0.4 is 5.73 Å². The summed E-state index contributed by atoms with van der Waals surface area (Å²) in [5.74, 6) is 0.215. The highest BCUT2D eigenvalue weighted by molar-refractivity contribution is 7.98. The lowest BCUT2D eigenvalue weighted by Gasteiger charge is -2.02. The van der Waals surface area contributed by atoms with Crippen molar-refractivity contribution in [2.24, 2.45) is 0 Å². The van der Waals surface area contributed by atoms with Crippen LogP contribution in [0.15, 0.2) is 59.5 Å². The van der Waals surface area contributed by atoms with Crippen LogP contribution in [0.2, 0.25) is 0 Å². The number of rotatable bonds is 4. The second kappa shape index (κ2) is 7.60. The Kier molecular flexibility index (Phi) is 5.07. The molecule has 0 atom stereocenters. The molecule has 0 saturated carbocycles. The zero-order valence-electron chi connectivity index (χ0n) is 14.0. The molecule has 126 valence electrons. The molecule has 5 nitrogen and oxygen atoms in total. The maximum Gasteiger partial charge on any atom is 0.145 e. The first-order valence-corrected chi connectivity index (χ1v) is 9.00. The molecule has 0 bridgehead atoms. The van der Waals surface area contributed by atoms with E-state index in [0.29, 0.717) is 5.57 Å². The topological polar surface area (TPSA) is 91.4 Å². The molecule has 2 aromatic carbocycles. The van der Waals surface area contributed by atoms with E-state index in [4.69, 9.17) is 5.73 Å². The summed E-state index contributed by atoms with van der Waals surface area (Å²) in [6, 6.07) is 21.3. The van der Waals surface area contributed by atoms with Crippen molar-refractivity contribution in [1.29, 1.82) is 10.5 Å². The van der Waals surface area contributed by atoms with Gasteiger partial charge in [-0.25, -0.2) is 4.68 Å². The van der Waals surface area contributed by atoms with E-state index < -0.39 is 0 Å². The average molecular weight is 357 g/mol. The number of thioether (sulfide) groups is 1. The summed E-state index contributed by atoms with van der Waals surface area (Å²) in [7, 11) is 0. The van der Waals surface area contributed by atoms with Crippen LogP contribution in [0.5, 0.6) is 0 Å². The number of nitrogens with zero attached hydrogens (tertiary/aromatic N) is 4. The molecule has 3 rings (SSSR count). The minimum absolute atomic E-state index is 0.197. The van der Waals surface area contributed by atoms with Crippen molar-refractivity contribution in [3.05, 3.63) is 71.4 Å². The molecule has 0 aliphatic rings. The fourth-order valence-corrected chi connectivity index (χ4v) is 2.92. The van der Waals surface area contributed by atoms with Crippen molar-refractivity contribution in [2.45, 2.75) is 4.90 Å². The summed E-state index contributed by atoms with van der Waals surface area (Å²) in [5, 5.41) is 23.6. The number of hydrogen-bond acceptors (Lipinski definition) is 5. The van der Waals surface area contributed by atoms with Crippen molar-refractivity contribution in [3.8, 4) is 17.8 Å². The van der Waals surface area contributed by atoms with Gasteiger partial charge in [-0.05, 0) is 42.2 Å². The lowest BCUT2D eigenvalue weighted by Crippen LogP contribution is -2.02. The minimum Gasteiger partial charge on any atom is -0.382 e. The van der Waals surface area contributed by atoms with E-state index in [1.54, 1.807) is 17.8 Å². The average Bonchev–Trinajstić information content (AvgIpc) is 3.03. The largest absolute Gasteiger partial charge is 0.382 e. The minimum atomic E-state index is 0.197. The van der Waals surface area contributed by atoms with E-state index in [9.17, 15) is 10.5 Å². The Hall–Kier alpha value is -3.48. The molecule has 3 aromatic rings. The van der Waals surface area contributed by atoms with Crippen LogP contribution in [0.3, 0.4) is 0 Å². The van der Waals surface area contributed by atoms with Crippen LogP contribution >= 0.6 is 11.8 Å². The standard InChI is InChI=1S/C20H15N5S/c1-26-17-9-7-14(8-10-17)11-15(12-21)19-18(13-22)20(23)25(24-19)16-5-3-2-4-6-16/h2-11H,23H2,1H3/b15-11+. The number of anilines is 1. The SMILES string of the molecule is CSc1ccc(/C=C(\C#N)c2nn(-c3ccccc3)c(N)c2C#N)cc1. The second-order valence-electron chi connectivity index (χ2n) is 5.41. The van der Waals surface area contributed by atoms with E-state index in [1.165, 1.54) is 4.68 Å². The van der Waals surface area contributed by atoms with E-state index in [-0.39, 0.29) is 17.1 Å². The molecule has 0 radical (unpaired) electrons. The number of hydrogen-bond donors (Lipinski definition) is 1. The molecule has 0 aliphatic carbocycles. The molecule has 26 heavy (non-hydrogen) atoms. The van der Waals surface area contributed by atoms with Gasteiger partial charge in [-0.3, -0.25) is 0 Å². The lowest BCUT2D eigenvalue weighted by molar-refractivity contribution is 0.885. The zero-order chi connectivity index (χ0) is 18.5. The number of nitrogen functional groups attached to an aromatic ring is 1. The molecule has 0 amide bonds. The van der Waals surface area contributed by atoms with Crippen LogP contribution in [-0.2, 0) is 0 Å². The second-order valence-corrected chi connectivity index (χ2v) is 6.29. The highest BCUT2D eigenvalue weighted by atomic mass is 32.2. The zero-order valence-corrected chi connectivity index (χ0v) is 14.9. The third kappa shape index (κ3) is 3.32. The number of para-hydroxylation sites is 1. The molecule has 6 heteroatoms. The first kappa shape index (κ1) is 17.3. The van der Waals surface area contributed by atoms with Gasteiger partial charge in [0.15, 0.2) is 0 Å². The van der Waals surface area contributed by atoms with Crippen LogP contribution in [0.1, 0.15) is 16.8 Å². The van der Waals surface area contributed by atoms with Crippen LogP contribution in [0.4, 0.5) is 5.82 Å². The van der Waals surface area contributed by atoms with E-state index >= 15 is 0 Å². The molecule has 0 saturated heterocycles. The molecular weight excluding hydrogens is 342 g/mol. The Morgan fingerprint density at radius 2 is 1.81 bits per heavy atom. The van der Waals surface area contributed by atoms with E-state index in [2.05, 4.69) is 17.2 Å². The predicted molar refractivity (Wildman–Crippen MR) is 104 cm³/mol. The molecule has 1 heterocycles. The Balaban J connectivity index is 2.10. The van der Waals surface area contributed by atoms with Gasteiger partial charge in [-0.1, -0.05) is 30.3 Å². The summed E-state index contributed by atoms with van der Waals surface area (Å²) in [6.45, 7) is 0. The van der Waals surface area contributed by atoms with Gasteiger partial charge in [0.1, 0.15) is 29.2 Å². The fourth-order valence-electron chi connectivity index (χ4n) is 2.52. The van der Waals surface area contributed by atoms with E-state index in [1.807, 2.05) is 60.9 Å². The van der Waals surface area contributed by atoms with Gasteiger partial charge in [-0.2, -0.15) is 15.6 Å². The smallest absolute Gasteiger partial charge is 0.145 e. The quantitative estimate of drug-likeness (QED) is 0.560. The molecule has 0 aliphatic heterocycles. The maximum absolute atomic E-state index is 9.61. The number of benzene rings is 2. The van der Waals surface area contributed by atoms with Gasteiger partial charge in [-0.15, -0.1) is 11.8 Å². The normalized spacial score (nSPS) is 11.0. The van der Waals surface area contributed by atoms with Gasteiger partial charge in [0.05, 0.1) is 11.3 Å². The number of allylic oxidation sites excluding steroid dienone is 1. The van der Waals surface area contributed by atoms with Crippen molar-refractivity contribution >= 4 is 29.2 Å². The van der Waals surface area contributed by atoms with Crippen LogP contribution in [0.25, 0.3) is 17.3 Å². The highest BCUT2D eigenvalue weighted by Gasteiger charge is 2.19. The first-order chi connectivity index (χ1) is 12.7. The maximum atomic E-state index is 9.61. The van der Waals surface area contributed by atoms with E-state index in [0.717, 1.165) is 16.1 Å². The lowest BCUT2D eigenvalue weighted by atomic mass is 10.1. The van der Waals surface area contributed by atoms with Crippen molar-refractivity contribution < 1.29 is 0 Å². The third-order valence-corrected chi connectivity index (χ3v) is 4.58. The van der Waals surface area contributed by atoms with Gasteiger partial charge in [0.25, 0.3) is 0 Å². The van der Waals surface area contributed by atoms with Gasteiger partial charge < -0.3 is 5.73 Å². The Labute approximate surface area is 156 Å². The number of nitrogens with two attached hydrogens (primary N) is 1. The van der Waals surface area contributed by atoms with Gasteiger partial charge in [0.2, 0.25) is 0 Å². The Morgan fingerprint density at radius 1 is 1.12 bits per heavy atom. The van der Waals surface area contributed by atoms with Crippen LogP contribution in [0, 0.1) is 22.7 Å². The Morgan fingerprint density at radius 3 is 2.38 bits per heavy atom. The third-order valence-electron chi connectivity index (χ3n) is 3.84. The molecule has 0 spiro atoms.